The van der Waals surface area contributed by atoms with Gasteiger partial charge in [-0.25, -0.2) is 0 Å². The molecule has 15 heavy (non-hydrogen) atoms. The third-order valence-corrected chi connectivity index (χ3v) is 3.56. The molecule has 1 atom stereocenters. The van der Waals surface area contributed by atoms with Crippen LogP contribution in [-0.4, -0.2) is 50.8 Å². The van der Waals surface area contributed by atoms with Gasteiger partial charge in [-0.15, -0.1) is 0 Å². The second kappa shape index (κ2) is 7.20. The molecule has 0 aromatic carbocycles. The maximum Gasteiger partial charge on any atom is 0.0587 e. The molecule has 0 amide bonds. The summed E-state index contributed by atoms with van der Waals surface area (Å²) in [4.78, 5) is 2.54. The van der Waals surface area contributed by atoms with Gasteiger partial charge < -0.3 is 15.0 Å². The molecule has 0 aliphatic carbocycles. The van der Waals surface area contributed by atoms with E-state index < -0.39 is 0 Å². The molecular weight excluding hydrogens is 188 g/mol. The Bertz CT molecular complexity index is 156. The second-order valence-electron chi connectivity index (χ2n) is 4.51. The van der Waals surface area contributed by atoms with Gasteiger partial charge in [0.1, 0.15) is 0 Å². The summed E-state index contributed by atoms with van der Waals surface area (Å²) in [5.74, 6) is 0.852. The molecule has 0 bridgehead atoms. The fourth-order valence-electron chi connectivity index (χ4n) is 2.32. The summed E-state index contributed by atoms with van der Waals surface area (Å²) in [6, 6.07) is 0.638. The number of piperidine rings is 1. The first-order valence-corrected chi connectivity index (χ1v) is 6.22. The zero-order valence-electron chi connectivity index (χ0n) is 10.5. The Morgan fingerprint density at radius 2 is 2.07 bits per heavy atom. The number of ether oxygens (including phenoxy) is 1. The molecule has 1 unspecified atom stereocenters. The third kappa shape index (κ3) is 4.49. The van der Waals surface area contributed by atoms with E-state index in [1.807, 2.05) is 0 Å². The van der Waals surface area contributed by atoms with Crippen molar-refractivity contribution in [2.45, 2.75) is 32.7 Å². The maximum absolute atomic E-state index is 5.04. The second-order valence-corrected chi connectivity index (χ2v) is 4.51. The number of nitrogens with zero attached hydrogens (tertiary/aromatic N) is 1. The number of hydrogen-bond donors (Lipinski definition) is 1. The third-order valence-electron chi connectivity index (χ3n) is 3.56. The van der Waals surface area contributed by atoms with Crippen molar-refractivity contribution < 1.29 is 4.74 Å². The van der Waals surface area contributed by atoms with E-state index in [2.05, 4.69) is 24.1 Å². The molecule has 3 heteroatoms. The van der Waals surface area contributed by atoms with Crippen molar-refractivity contribution >= 4 is 0 Å². The summed E-state index contributed by atoms with van der Waals surface area (Å²) in [5.41, 5.74) is 0. The first-order chi connectivity index (χ1) is 7.27. The molecule has 1 saturated heterocycles. The van der Waals surface area contributed by atoms with Crippen molar-refractivity contribution in [3.8, 4) is 0 Å². The molecule has 0 saturated carbocycles. The summed E-state index contributed by atoms with van der Waals surface area (Å²) in [6.45, 7) is 10.1. The van der Waals surface area contributed by atoms with Crippen molar-refractivity contribution in [2.24, 2.45) is 5.92 Å². The Labute approximate surface area is 94.2 Å². The van der Waals surface area contributed by atoms with E-state index >= 15 is 0 Å². The molecular formula is C12H26N2O. The number of methoxy groups -OCH3 is 1. The Morgan fingerprint density at radius 3 is 2.60 bits per heavy atom. The van der Waals surface area contributed by atoms with Gasteiger partial charge in [0.05, 0.1) is 6.61 Å². The lowest BCUT2D eigenvalue weighted by molar-refractivity contribution is 0.157. The lowest BCUT2D eigenvalue weighted by atomic mass is 9.90. The zero-order chi connectivity index (χ0) is 11.1. The van der Waals surface area contributed by atoms with Gasteiger partial charge in [-0.2, -0.15) is 0 Å². The highest BCUT2D eigenvalue weighted by Gasteiger charge is 2.22. The van der Waals surface area contributed by atoms with Crippen LogP contribution in [0.2, 0.25) is 0 Å². The van der Waals surface area contributed by atoms with Crippen LogP contribution in [0.5, 0.6) is 0 Å². The Balaban J connectivity index is 2.15. The number of likely N-dealkylation sites (tertiary alicyclic amines) is 1. The average Bonchev–Trinajstić information content (AvgIpc) is 2.29. The minimum absolute atomic E-state index is 0.638. The predicted molar refractivity (Wildman–Crippen MR) is 64.2 cm³/mol. The van der Waals surface area contributed by atoms with Crippen molar-refractivity contribution in [3.63, 3.8) is 0 Å². The largest absolute Gasteiger partial charge is 0.383 e. The highest BCUT2D eigenvalue weighted by molar-refractivity contribution is 4.78. The topological polar surface area (TPSA) is 24.5 Å². The van der Waals surface area contributed by atoms with Crippen molar-refractivity contribution in [1.29, 1.82) is 0 Å². The molecule has 1 aliphatic heterocycles. The summed E-state index contributed by atoms with van der Waals surface area (Å²) >= 11 is 0. The number of rotatable bonds is 6. The normalized spacial score (nSPS) is 21.8. The van der Waals surface area contributed by atoms with E-state index in [1.54, 1.807) is 7.11 Å². The fourth-order valence-corrected chi connectivity index (χ4v) is 2.32. The molecule has 1 heterocycles. The Kier molecular flexibility index (Phi) is 6.22. The van der Waals surface area contributed by atoms with E-state index in [4.69, 9.17) is 4.74 Å². The van der Waals surface area contributed by atoms with Crippen molar-refractivity contribution in [3.05, 3.63) is 0 Å². The standard InChI is InChI=1S/C12H26N2O/c1-4-14-8-5-12(6-9-14)11(2)13-7-10-15-3/h11-13H,4-10H2,1-3H3. The monoisotopic (exact) mass is 214 g/mol. The predicted octanol–water partition coefficient (Wildman–Crippen LogP) is 1.34. The molecule has 1 rings (SSSR count). The number of hydrogen-bond acceptors (Lipinski definition) is 3. The minimum Gasteiger partial charge on any atom is -0.383 e. The first-order valence-electron chi connectivity index (χ1n) is 6.22. The fraction of sp³-hybridized carbons (Fsp3) is 1.00. The van der Waals surface area contributed by atoms with Gasteiger partial charge in [0.15, 0.2) is 0 Å². The van der Waals surface area contributed by atoms with Crippen molar-refractivity contribution in [1.82, 2.24) is 10.2 Å². The van der Waals surface area contributed by atoms with Gasteiger partial charge in [-0.3, -0.25) is 0 Å². The van der Waals surface area contributed by atoms with Gasteiger partial charge in [-0.05, 0) is 45.3 Å². The van der Waals surface area contributed by atoms with E-state index in [0.717, 1.165) is 19.1 Å². The van der Waals surface area contributed by atoms with Gasteiger partial charge in [0.25, 0.3) is 0 Å². The van der Waals surface area contributed by atoms with Crippen LogP contribution in [0, 0.1) is 5.92 Å². The minimum atomic E-state index is 0.638. The van der Waals surface area contributed by atoms with Crippen LogP contribution in [0.25, 0.3) is 0 Å². The Hall–Kier alpha value is -0.120. The van der Waals surface area contributed by atoms with E-state index in [9.17, 15) is 0 Å². The van der Waals surface area contributed by atoms with Crippen LogP contribution in [0.1, 0.15) is 26.7 Å². The van der Waals surface area contributed by atoms with Crippen LogP contribution in [0.3, 0.4) is 0 Å². The zero-order valence-corrected chi connectivity index (χ0v) is 10.5. The molecule has 90 valence electrons. The van der Waals surface area contributed by atoms with Gasteiger partial charge >= 0.3 is 0 Å². The van der Waals surface area contributed by atoms with E-state index in [-0.39, 0.29) is 0 Å². The lowest BCUT2D eigenvalue weighted by Gasteiger charge is -2.34. The molecule has 0 spiro atoms. The van der Waals surface area contributed by atoms with Gasteiger partial charge in [0, 0.05) is 19.7 Å². The highest BCUT2D eigenvalue weighted by atomic mass is 16.5. The van der Waals surface area contributed by atoms with Crippen LogP contribution < -0.4 is 5.32 Å². The summed E-state index contributed by atoms with van der Waals surface area (Å²) in [7, 11) is 1.76. The van der Waals surface area contributed by atoms with Gasteiger partial charge in [0.2, 0.25) is 0 Å². The highest BCUT2D eigenvalue weighted by Crippen LogP contribution is 2.20. The molecule has 1 aliphatic rings. The van der Waals surface area contributed by atoms with Gasteiger partial charge in [-0.1, -0.05) is 6.92 Å². The lowest BCUT2D eigenvalue weighted by Crippen LogP contribution is -2.42. The SMILES string of the molecule is CCN1CCC(C(C)NCCOC)CC1. The van der Waals surface area contributed by atoms with E-state index in [1.165, 1.54) is 32.5 Å². The maximum atomic E-state index is 5.04. The Morgan fingerprint density at radius 1 is 1.40 bits per heavy atom. The average molecular weight is 214 g/mol. The molecule has 0 aromatic heterocycles. The molecule has 0 radical (unpaired) electrons. The summed E-state index contributed by atoms with van der Waals surface area (Å²) < 4.78 is 5.04. The molecule has 1 fully saturated rings. The van der Waals surface area contributed by atoms with Crippen LogP contribution in [-0.2, 0) is 4.74 Å². The summed E-state index contributed by atoms with van der Waals surface area (Å²) in [5, 5.41) is 3.54. The van der Waals surface area contributed by atoms with Crippen LogP contribution >= 0.6 is 0 Å². The van der Waals surface area contributed by atoms with E-state index in [0.29, 0.717) is 6.04 Å². The smallest absolute Gasteiger partial charge is 0.0587 e. The van der Waals surface area contributed by atoms with Crippen molar-refractivity contribution in [2.75, 3.05) is 39.9 Å². The van der Waals surface area contributed by atoms with Crippen LogP contribution in [0.15, 0.2) is 0 Å². The summed E-state index contributed by atoms with van der Waals surface area (Å²) in [6.07, 6.45) is 2.68. The molecule has 3 nitrogen and oxygen atoms in total. The van der Waals surface area contributed by atoms with Crippen LogP contribution in [0.4, 0.5) is 0 Å². The molecule has 1 N–H and O–H groups in total. The quantitative estimate of drug-likeness (QED) is 0.675. The first kappa shape index (κ1) is 12.9. The number of nitrogens with one attached hydrogen (secondary N) is 1. The molecule has 0 aromatic rings.